The zero-order valence-corrected chi connectivity index (χ0v) is 12.5. The predicted molar refractivity (Wildman–Crippen MR) is 84.6 cm³/mol. The van der Waals surface area contributed by atoms with Crippen LogP contribution >= 0.6 is 0 Å². The molecule has 0 spiro atoms. The summed E-state index contributed by atoms with van der Waals surface area (Å²) < 4.78 is 5.06. The Morgan fingerprint density at radius 3 is 2.59 bits per heavy atom. The minimum absolute atomic E-state index is 0.0431. The van der Waals surface area contributed by atoms with Crippen LogP contribution in [-0.2, 0) is 20.7 Å². The summed E-state index contributed by atoms with van der Waals surface area (Å²) in [4.78, 5) is 24.2. The summed E-state index contributed by atoms with van der Waals surface area (Å²) >= 11 is 0. The van der Waals surface area contributed by atoms with Crippen LogP contribution < -0.4 is 0 Å². The highest BCUT2D eigenvalue weighted by Gasteiger charge is 2.34. The van der Waals surface area contributed by atoms with Gasteiger partial charge in [0.05, 0.1) is 6.61 Å². The topological polar surface area (TPSA) is 43.4 Å². The van der Waals surface area contributed by atoms with Gasteiger partial charge in [-0.2, -0.15) is 0 Å². The van der Waals surface area contributed by atoms with Crippen LogP contribution in [-0.4, -0.2) is 18.4 Å². The van der Waals surface area contributed by atoms with E-state index in [1.165, 1.54) is 0 Å². The lowest BCUT2D eigenvalue weighted by molar-refractivity contribution is -0.148. The lowest BCUT2D eigenvalue weighted by Gasteiger charge is -2.23. The van der Waals surface area contributed by atoms with Crippen LogP contribution in [0.15, 0.2) is 48.5 Å². The summed E-state index contributed by atoms with van der Waals surface area (Å²) in [5, 5.41) is 0. The van der Waals surface area contributed by atoms with Crippen LogP contribution in [0.25, 0.3) is 11.1 Å². The molecule has 0 unspecified atom stereocenters. The second kappa shape index (κ2) is 6.14. The Balaban J connectivity index is 1.99. The number of fused-ring (bicyclic) bond motifs is 1. The van der Waals surface area contributed by atoms with Crippen LogP contribution in [0.4, 0.5) is 0 Å². The number of carbonyl (C=O) groups is 2. The minimum atomic E-state index is -0.756. The van der Waals surface area contributed by atoms with Crippen LogP contribution in [0.2, 0.25) is 0 Å². The van der Waals surface area contributed by atoms with E-state index in [9.17, 15) is 9.59 Å². The number of rotatable bonds is 3. The van der Waals surface area contributed by atoms with Gasteiger partial charge in [0.1, 0.15) is 5.92 Å². The number of ketones is 1. The molecule has 2 aromatic rings. The van der Waals surface area contributed by atoms with Crippen molar-refractivity contribution in [2.45, 2.75) is 25.7 Å². The van der Waals surface area contributed by atoms with E-state index < -0.39 is 11.9 Å². The predicted octanol–water partition coefficient (Wildman–Crippen LogP) is 3.52. The molecule has 3 rings (SSSR count). The molecule has 112 valence electrons. The lowest BCUT2D eigenvalue weighted by atomic mass is 9.80. The number of carbonyl (C=O) groups excluding carboxylic acids is 2. The third kappa shape index (κ3) is 2.67. The molecule has 3 heteroatoms. The normalized spacial score (nSPS) is 17.0. The van der Waals surface area contributed by atoms with E-state index in [0.29, 0.717) is 19.4 Å². The number of benzene rings is 2. The van der Waals surface area contributed by atoms with E-state index in [-0.39, 0.29) is 5.78 Å². The van der Waals surface area contributed by atoms with Crippen molar-refractivity contribution in [3.63, 3.8) is 0 Å². The van der Waals surface area contributed by atoms with Gasteiger partial charge in [-0.05, 0) is 35.6 Å². The molecule has 0 bridgehead atoms. The van der Waals surface area contributed by atoms with E-state index in [0.717, 1.165) is 22.3 Å². The van der Waals surface area contributed by atoms with Gasteiger partial charge in [-0.25, -0.2) is 0 Å². The zero-order valence-electron chi connectivity index (χ0n) is 12.5. The molecule has 22 heavy (non-hydrogen) atoms. The molecule has 0 fully saturated rings. The average Bonchev–Trinajstić information content (AvgIpc) is 2.55. The van der Waals surface area contributed by atoms with Gasteiger partial charge < -0.3 is 4.74 Å². The number of hydrogen-bond acceptors (Lipinski definition) is 3. The largest absolute Gasteiger partial charge is 0.465 e. The maximum Gasteiger partial charge on any atom is 0.321 e. The van der Waals surface area contributed by atoms with Gasteiger partial charge >= 0.3 is 5.97 Å². The van der Waals surface area contributed by atoms with Gasteiger partial charge in [0.25, 0.3) is 0 Å². The smallest absolute Gasteiger partial charge is 0.321 e. The van der Waals surface area contributed by atoms with Crippen molar-refractivity contribution in [3.05, 3.63) is 59.7 Å². The fraction of sp³-hybridized carbons (Fsp3) is 0.263. The summed E-state index contributed by atoms with van der Waals surface area (Å²) in [5.41, 5.74) is 4.11. The summed E-state index contributed by atoms with van der Waals surface area (Å²) in [6, 6.07) is 16.0. The molecule has 0 aliphatic heterocycles. The third-order valence-corrected chi connectivity index (χ3v) is 4.05. The lowest BCUT2D eigenvalue weighted by Crippen LogP contribution is -2.29. The quantitative estimate of drug-likeness (QED) is 0.642. The monoisotopic (exact) mass is 294 g/mol. The van der Waals surface area contributed by atoms with Crippen molar-refractivity contribution in [3.8, 4) is 11.1 Å². The Labute approximate surface area is 129 Å². The Hall–Kier alpha value is -2.42. The maximum atomic E-state index is 12.1. The van der Waals surface area contributed by atoms with Crippen molar-refractivity contribution in [1.29, 1.82) is 0 Å². The molecule has 3 nitrogen and oxygen atoms in total. The van der Waals surface area contributed by atoms with Crippen molar-refractivity contribution < 1.29 is 14.3 Å². The van der Waals surface area contributed by atoms with Gasteiger partial charge in [-0.3, -0.25) is 9.59 Å². The van der Waals surface area contributed by atoms with Crippen molar-refractivity contribution >= 4 is 11.8 Å². The van der Waals surface area contributed by atoms with Crippen LogP contribution in [0, 0.1) is 0 Å². The maximum absolute atomic E-state index is 12.1. The van der Waals surface area contributed by atoms with E-state index in [1.54, 1.807) is 6.92 Å². The molecule has 0 N–H and O–H groups in total. The summed E-state index contributed by atoms with van der Waals surface area (Å²) in [6.45, 7) is 2.05. The van der Waals surface area contributed by atoms with Gasteiger partial charge in [0.15, 0.2) is 5.78 Å². The van der Waals surface area contributed by atoms with E-state index in [2.05, 4.69) is 18.2 Å². The van der Waals surface area contributed by atoms with Crippen LogP contribution in [0.5, 0.6) is 0 Å². The van der Waals surface area contributed by atoms with Crippen LogP contribution in [0.3, 0.4) is 0 Å². The first-order valence-corrected chi connectivity index (χ1v) is 7.58. The van der Waals surface area contributed by atoms with Crippen molar-refractivity contribution in [1.82, 2.24) is 0 Å². The van der Waals surface area contributed by atoms with Crippen molar-refractivity contribution in [2.75, 3.05) is 6.61 Å². The van der Waals surface area contributed by atoms with Crippen molar-refractivity contribution in [2.24, 2.45) is 0 Å². The number of aryl methyl sites for hydroxylation is 1. The highest BCUT2D eigenvalue weighted by Crippen LogP contribution is 2.33. The van der Waals surface area contributed by atoms with Crippen LogP contribution in [0.1, 0.15) is 30.4 Å². The third-order valence-electron chi connectivity index (χ3n) is 4.05. The molecule has 0 saturated carbocycles. The molecule has 0 aromatic heterocycles. The average molecular weight is 294 g/mol. The van der Waals surface area contributed by atoms with Gasteiger partial charge in [0, 0.05) is 6.42 Å². The molecular weight excluding hydrogens is 276 g/mol. The highest BCUT2D eigenvalue weighted by molar-refractivity contribution is 6.06. The second-order valence-corrected chi connectivity index (χ2v) is 5.43. The first-order chi connectivity index (χ1) is 10.7. The Bertz CT molecular complexity index is 704. The SMILES string of the molecule is CCOC(=O)[C@H]1C(=O)CCc2cc(-c3ccccc3)ccc21. The molecule has 1 atom stereocenters. The summed E-state index contributed by atoms with van der Waals surface area (Å²) in [7, 11) is 0. The first kappa shape index (κ1) is 14.5. The molecule has 0 radical (unpaired) electrons. The summed E-state index contributed by atoms with van der Waals surface area (Å²) in [5.74, 6) is -1.23. The van der Waals surface area contributed by atoms with E-state index >= 15 is 0 Å². The molecular formula is C19H18O3. The van der Waals surface area contributed by atoms with Gasteiger partial charge in [0.2, 0.25) is 0 Å². The number of esters is 1. The molecule has 1 aliphatic carbocycles. The molecule has 0 heterocycles. The standard InChI is InChI=1S/C19H18O3/c1-2-22-19(21)18-16-10-8-14(13-6-4-3-5-7-13)12-15(16)9-11-17(18)20/h3-8,10,12,18H,2,9,11H2,1H3/t18-/m1/s1. The Kier molecular flexibility index (Phi) is 4.05. The first-order valence-electron chi connectivity index (χ1n) is 7.58. The zero-order chi connectivity index (χ0) is 15.5. The minimum Gasteiger partial charge on any atom is -0.465 e. The fourth-order valence-electron chi connectivity index (χ4n) is 2.97. The molecule has 2 aromatic carbocycles. The number of ether oxygens (including phenoxy) is 1. The Morgan fingerprint density at radius 1 is 1.09 bits per heavy atom. The Morgan fingerprint density at radius 2 is 1.86 bits per heavy atom. The second-order valence-electron chi connectivity index (χ2n) is 5.43. The molecule has 0 saturated heterocycles. The van der Waals surface area contributed by atoms with Gasteiger partial charge in [-0.15, -0.1) is 0 Å². The molecule has 1 aliphatic rings. The number of Topliss-reactive ketones (excluding diaryl/α,β-unsaturated/α-hetero) is 1. The number of hydrogen-bond donors (Lipinski definition) is 0. The molecule has 0 amide bonds. The van der Waals surface area contributed by atoms with E-state index in [4.69, 9.17) is 4.74 Å². The highest BCUT2D eigenvalue weighted by atomic mass is 16.5. The summed E-state index contributed by atoms with van der Waals surface area (Å²) in [6.07, 6.45) is 1.08. The van der Waals surface area contributed by atoms with E-state index in [1.807, 2.05) is 30.3 Å². The fourth-order valence-corrected chi connectivity index (χ4v) is 2.97. The van der Waals surface area contributed by atoms with Gasteiger partial charge in [-0.1, -0.05) is 48.5 Å².